The second kappa shape index (κ2) is 7.60. The molecule has 0 spiro atoms. The number of hydrogen-bond acceptors (Lipinski definition) is 2. The van der Waals surface area contributed by atoms with E-state index in [4.69, 9.17) is 0 Å². The Morgan fingerprint density at radius 3 is 2.74 bits per heavy atom. The van der Waals surface area contributed by atoms with Crippen LogP contribution in [0.5, 0.6) is 0 Å². The summed E-state index contributed by atoms with van der Waals surface area (Å²) in [5.74, 6) is 0.819. The smallest absolute Gasteiger partial charge is 0.0233 e. The van der Waals surface area contributed by atoms with Gasteiger partial charge in [0.15, 0.2) is 0 Å². The molecule has 0 aliphatic carbocycles. The summed E-state index contributed by atoms with van der Waals surface area (Å²) in [6.07, 6.45) is 2.72. The van der Waals surface area contributed by atoms with Gasteiger partial charge in [-0.25, -0.2) is 0 Å². The van der Waals surface area contributed by atoms with Crippen LogP contribution in [0.1, 0.15) is 32.3 Å². The Balaban J connectivity index is 1.82. The van der Waals surface area contributed by atoms with Gasteiger partial charge >= 0.3 is 0 Å². The molecule has 1 aromatic rings. The van der Waals surface area contributed by atoms with Crippen molar-refractivity contribution in [3.05, 3.63) is 33.4 Å². The van der Waals surface area contributed by atoms with Gasteiger partial charge in [-0.1, -0.05) is 26.0 Å². The molecule has 2 rings (SSSR count). The predicted molar refractivity (Wildman–Crippen MR) is 90.3 cm³/mol. The molecule has 1 unspecified atom stereocenters. The van der Waals surface area contributed by atoms with E-state index in [2.05, 4.69) is 70.9 Å². The largest absolute Gasteiger partial charge is 0.314 e. The van der Waals surface area contributed by atoms with Gasteiger partial charge in [0.25, 0.3) is 0 Å². The van der Waals surface area contributed by atoms with Crippen LogP contribution in [0, 0.1) is 9.49 Å². The van der Waals surface area contributed by atoms with Crippen LogP contribution in [0.3, 0.4) is 0 Å². The number of piperidine rings is 1. The van der Waals surface area contributed by atoms with Gasteiger partial charge in [-0.3, -0.25) is 4.90 Å². The molecular formula is C16H25IN2. The topological polar surface area (TPSA) is 15.3 Å². The fraction of sp³-hybridized carbons (Fsp3) is 0.625. The minimum absolute atomic E-state index is 0.603. The molecule has 19 heavy (non-hydrogen) atoms. The number of likely N-dealkylation sites (tertiary alicyclic amines) is 1. The van der Waals surface area contributed by atoms with E-state index in [1.807, 2.05) is 0 Å². The Labute approximate surface area is 131 Å². The molecular weight excluding hydrogens is 347 g/mol. The molecule has 0 bridgehead atoms. The summed E-state index contributed by atoms with van der Waals surface area (Å²) in [7, 11) is 0. The fourth-order valence-electron chi connectivity index (χ4n) is 2.71. The van der Waals surface area contributed by atoms with Crippen LogP contribution < -0.4 is 5.32 Å². The molecule has 0 saturated carbocycles. The third kappa shape index (κ3) is 5.40. The third-order valence-corrected chi connectivity index (χ3v) is 4.46. The first kappa shape index (κ1) is 15.3. The van der Waals surface area contributed by atoms with E-state index in [1.165, 1.54) is 41.6 Å². The first-order chi connectivity index (χ1) is 9.13. The summed E-state index contributed by atoms with van der Waals surface area (Å²) < 4.78 is 1.32. The number of hydrogen-bond donors (Lipinski definition) is 1. The number of halogens is 1. The van der Waals surface area contributed by atoms with Crippen molar-refractivity contribution in [2.45, 2.75) is 39.3 Å². The van der Waals surface area contributed by atoms with E-state index in [-0.39, 0.29) is 0 Å². The second-order valence-electron chi connectivity index (χ2n) is 5.93. The molecule has 106 valence electrons. The molecule has 0 aromatic heterocycles. The molecule has 1 aliphatic heterocycles. The molecule has 1 fully saturated rings. The number of benzene rings is 1. The van der Waals surface area contributed by atoms with Gasteiger partial charge < -0.3 is 5.32 Å². The quantitative estimate of drug-likeness (QED) is 0.796. The molecule has 0 amide bonds. The van der Waals surface area contributed by atoms with Crippen molar-refractivity contribution in [2.24, 2.45) is 5.92 Å². The van der Waals surface area contributed by atoms with Crippen LogP contribution in [0.4, 0.5) is 0 Å². The van der Waals surface area contributed by atoms with Crippen molar-refractivity contribution in [2.75, 3.05) is 19.6 Å². The van der Waals surface area contributed by atoms with E-state index in [1.54, 1.807) is 0 Å². The van der Waals surface area contributed by atoms with Gasteiger partial charge in [0.2, 0.25) is 0 Å². The van der Waals surface area contributed by atoms with Gasteiger partial charge in [0, 0.05) is 22.7 Å². The SMILES string of the molecule is CC(C)NCC1CCCN(Cc2ccc(I)cc2)C1. The van der Waals surface area contributed by atoms with Crippen molar-refractivity contribution in [3.63, 3.8) is 0 Å². The molecule has 2 nitrogen and oxygen atoms in total. The minimum atomic E-state index is 0.603. The summed E-state index contributed by atoms with van der Waals surface area (Å²) in [4.78, 5) is 2.61. The lowest BCUT2D eigenvalue weighted by Crippen LogP contribution is -2.40. The Bertz CT molecular complexity index is 375. The van der Waals surface area contributed by atoms with Crippen LogP contribution in [0.2, 0.25) is 0 Å². The Morgan fingerprint density at radius 1 is 1.32 bits per heavy atom. The van der Waals surface area contributed by atoms with Crippen LogP contribution >= 0.6 is 22.6 Å². The van der Waals surface area contributed by atoms with Crippen LogP contribution in [-0.2, 0) is 6.54 Å². The Hall–Kier alpha value is -0.130. The van der Waals surface area contributed by atoms with Crippen LogP contribution in [0.15, 0.2) is 24.3 Å². The highest BCUT2D eigenvalue weighted by Crippen LogP contribution is 2.18. The van der Waals surface area contributed by atoms with Crippen LogP contribution in [-0.4, -0.2) is 30.6 Å². The molecule has 1 saturated heterocycles. The highest BCUT2D eigenvalue weighted by atomic mass is 127. The van der Waals surface area contributed by atoms with Gasteiger partial charge in [0.1, 0.15) is 0 Å². The zero-order chi connectivity index (χ0) is 13.7. The normalized spacial score (nSPS) is 20.9. The lowest BCUT2D eigenvalue weighted by atomic mass is 9.97. The molecule has 1 aliphatic rings. The molecule has 1 N–H and O–H groups in total. The fourth-order valence-corrected chi connectivity index (χ4v) is 3.07. The summed E-state index contributed by atoms with van der Waals surface area (Å²) in [5, 5.41) is 3.58. The zero-order valence-electron chi connectivity index (χ0n) is 12.0. The first-order valence-corrected chi connectivity index (χ1v) is 8.41. The average molecular weight is 372 g/mol. The Kier molecular flexibility index (Phi) is 6.10. The second-order valence-corrected chi connectivity index (χ2v) is 7.18. The van der Waals surface area contributed by atoms with Crippen molar-refractivity contribution in [1.82, 2.24) is 10.2 Å². The highest BCUT2D eigenvalue weighted by molar-refractivity contribution is 14.1. The maximum atomic E-state index is 3.58. The van der Waals surface area contributed by atoms with E-state index in [0.717, 1.165) is 12.5 Å². The zero-order valence-corrected chi connectivity index (χ0v) is 14.2. The molecule has 1 heterocycles. The molecule has 1 aromatic carbocycles. The van der Waals surface area contributed by atoms with Crippen molar-refractivity contribution >= 4 is 22.6 Å². The van der Waals surface area contributed by atoms with Gasteiger partial charge in [-0.2, -0.15) is 0 Å². The van der Waals surface area contributed by atoms with Gasteiger partial charge in [-0.05, 0) is 72.1 Å². The van der Waals surface area contributed by atoms with E-state index in [0.29, 0.717) is 6.04 Å². The number of nitrogens with zero attached hydrogens (tertiary/aromatic N) is 1. The van der Waals surface area contributed by atoms with E-state index in [9.17, 15) is 0 Å². The summed E-state index contributed by atoms with van der Waals surface area (Å²) >= 11 is 2.37. The maximum absolute atomic E-state index is 3.58. The van der Waals surface area contributed by atoms with Crippen molar-refractivity contribution < 1.29 is 0 Å². The summed E-state index contributed by atoms with van der Waals surface area (Å²) in [5.41, 5.74) is 1.44. The van der Waals surface area contributed by atoms with Crippen molar-refractivity contribution in [3.8, 4) is 0 Å². The van der Waals surface area contributed by atoms with Crippen molar-refractivity contribution in [1.29, 1.82) is 0 Å². The van der Waals surface area contributed by atoms with Crippen LogP contribution in [0.25, 0.3) is 0 Å². The average Bonchev–Trinajstić information content (AvgIpc) is 2.40. The van der Waals surface area contributed by atoms with Gasteiger partial charge in [0.05, 0.1) is 0 Å². The molecule has 3 heteroatoms. The highest BCUT2D eigenvalue weighted by Gasteiger charge is 2.19. The third-order valence-electron chi connectivity index (χ3n) is 3.74. The summed E-state index contributed by atoms with van der Waals surface area (Å²) in [6, 6.07) is 9.54. The minimum Gasteiger partial charge on any atom is -0.314 e. The maximum Gasteiger partial charge on any atom is 0.0233 e. The number of nitrogens with one attached hydrogen (secondary N) is 1. The lowest BCUT2D eigenvalue weighted by Gasteiger charge is -2.33. The first-order valence-electron chi connectivity index (χ1n) is 7.33. The lowest BCUT2D eigenvalue weighted by molar-refractivity contribution is 0.164. The monoisotopic (exact) mass is 372 g/mol. The Morgan fingerprint density at radius 2 is 2.05 bits per heavy atom. The van der Waals surface area contributed by atoms with E-state index >= 15 is 0 Å². The molecule has 0 radical (unpaired) electrons. The molecule has 1 atom stereocenters. The standard InChI is InChI=1S/C16H25IN2/c1-13(2)18-10-15-4-3-9-19(12-15)11-14-5-7-16(17)8-6-14/h5-8,13,15,18H,3-4,9-12H2,1-2H3. The summed E-state index contributed by atoms with van der Waals surface area (Å²) in [6.45, 7) is 9.23. The predicted octanol–water partition coefficient (Wildman–Crippen LogP) is 3.50. The van der Waals surface area contributed by atoms with Gasteiger partial charge in [-0.15, -0.1) is 0 Å². The van der Waals surface area contributed by atoms with E-state index < -0.39 is 0 Å². The number of rotatable bonds is 5.